The number of hydrogen-bond donors (Lipinski definition) is 1. The lowest BCUT2D eigenvalue weighted by Crippen LogP contribution is -2.31. The molecule has 2 aromatic rings. The number of amides is 1. The van der Waals surface area contributed by atoms with E-state index in [4.69, 9.17) is 4.74 Å². The number of benzene rings is 1. The van der Waals surface area contributed by atoms with Crippen LogP contribution in [0, 0.1) is 5.92 Å². The van der Waals surface area contributed by atoms with Crippen molar-refractivity contribution in [2.75, 3.05) is 20.7 Å². The zero-order valence-corrected chi connectivity index (χ0v) is 14.4. The number of carbonyl (C=O) groups is 1. The van der Waals surface area contributed by atoms with E-state index in [1.807, 2.05) is 18.2 Å². The Morgan fingerprint density at radius 1 is 1.25 bits per heavy atom. The lowest BCUT2D eigenvalue weighted by molar-refractivity contribution is -0.121. The van der Waals surface area contributed by atoms with Crippen LogP contribution >= 0.6 is 0 Å². The van der Waals surface area contributed by atoms with Crippen LogP contribution in [0.2, 0.25) is 0 Å². The third kappa shape index (κ3) is 3.79. The molecule has 0 radical (unpaired) electrons. The molecule has 1 amide bonds. The van der Waals surface area contributed by atoms with Gasteiger partial charge in [0, 0.05) is 57.1 Å². The van der Waals surface area contributed by atoms with E-state index in [0.29, 0.717) is 12.3 Å². The number of methoxy groups -OCH3 is 1. The minimum Gasteiger partial charge on any atom is -0.496 e. The van der Waals surface area contributed by atoms with Crippen LogP contribution in [0.3, 0.4) is 0 Å². The molecule has 0 unspecified atom stereocenters. The molecule has 1 aromatic carbocycles. The van der Waals surface area contributed by atoms with E-state index in [-0.39, 0.29) is 5.91 Å². The zero-order chi connectivity index (χ0) is 16.9. The summed E-state index contributed by atoms with van der Waals surface area (Å²) in [5.41, 5.74) is 2.48. The van der Waals surface area contributed by atoms with Gasteiger partial charge < -0.3 is 14.6 Å². The number of para-hydroxylation sites is 1. The van der Waals surface area contributed by atoms with Gasteiger partial charge in [-0.3, -0.25) is 9.69 Å². The summed E-state index contributed by atoms with van der Waals surface area (Å²) in [6.45, 7) is 3.49. The van der Waals surface area contributed by atoms with Crippen LogP contribution in [0.25, 0.3) is 0 Å². The number of carbonyl (C=O) groups excluding carboxylic acids is 1. The number of hydrogen-bond acceptors (Lipinski definition) is 3. The van der Waals surface area contributed by atoms with Crippen molar-refractivity contribution in [1.82, 2.24) is 14.8 Å². The molecule has 3 rings (SSSR count). The first-order valence-electron chi connectivity index (χ1n) is 8.38. The average Bonchev–Trinajstić information content (AvgIpc) is 2.95. The number of ether oxygens (including phenoxy) is 1. The fraction of sp³-hybridized carbons (Fsp3) is 0.421. The van der Waals surface area contributed by atoms with Crippen molar-refractivity contribution < 1.29 is 9.53 Å². The van der Waals surface area contributed by atoms with Gasteiger partial charge in [0.05, 0.1) is 7.11 Å². The van der Waals surface area contributed by atoms with Crippen molar-refractivity contribution in [2.45, 2.75) is 26.1 Å². The predicted molar refractivity (Wildman–Crippen MR) is 93.7 cm³/mol. The Kier molecular flexibility index (Phi) is 5.20. The largest absolute Gasteiger partial charge is 0.496 e. The minimum atomic E-state index is 0.104. The van der Waals surface area contributed by atoms with Gasteiger partial charge in [-0.05, 0) is 24.1 Å². The van der Waals surface area contributed by atoms with E-state index >= 15 is 0 Å². The molecule has 0 saturated heterocycles. The fourth-order valence-electron chi connectivity index (χ4n) is 3.45. The molecule has 128 valence electrons. The topological polar surface area (TPSA) is 46.5 Å². The molecule has 1 N–H and O–H groups in total. The van der Waals surface area contributed by atoms with Crippen molar-refractivity contribution in [3.63, 3.8) is 0 Å². The average molecular weight is 327 g/mol. The maximum absolute atomic E-state index is 11.8. The molecule has 24 heavy (non-hydrogen) atoms. The number of nitrogens with one attached hydrogen (secondary N) is 1. The Hall–Kier alpha value is -2.27. The van der Waals surface area contributed by atoms with Crippen LogP contribution in [0.5, 0.6) is 5.75 Å². The molecular weight excluding hydrogens is 302 g/mol. The van der Waals surface area contributed by atoms with Crippen molar-refractivity contribution in [3.8, 4) is 5.75 Å². The maximum Gasteiger partial charge on any atom is 0.220 e. The molecule has 1 aromatic heterocycles. The van der Waals surface area contributed by atoms with E-state index in [0.717, 1.165) is 31.9 Å². The molecule has 5 heteroatoms. The van der Waals surface area contributed by atoms with Gasteiger partial charge in [-0.2, -0.15) is 0 Å². The number of nitrogens with zero attached hydrogens (tertiary/aromatic N) is 2. The van der Waals surface area contributed by atoms with Crippen LogP contribution in [0.4, 0.5) is 0 Å². The first-order valence-corrected chi connectivity index (χ1v) is 8.38. The molecule has 1 atom stereocenters. The van der Waals surface area contributed by atoms with E-state index in [2.05, 4.69) is 39.2 Å². The Bertz CT molecular complexity index is 695. The van der Waals surface area contributed by atoms with Crippen LogP contribution < -0.4 is 10.1 Å². The molecule has 1 aliphatic heterocycles. The minimum absolute atomic E-state index is 0.104. The summed E-state index contributed by atoms with van der Waals surface area (Å²) in [6.07, 6.45) is 2.66. The Labute approximate surface area is 143 Å². The summed E-state index contributed by atoms with van der Waals surface area (Å²) in [5.74, 6) is 1.32. The first-order chi connectivity index (χ1) is 11.7. The summed E-state index contributed by atoms with van der Waals surface area (Å²) in [5, 5.41) is 2.75. The van der Waals surface area contributed by atoms with Crippen molar-refractivity contribution in [2.24, 2.45) is 5.92 Å². The summed E-state index contributed by atoms with van der Waals surface area (Å²) < 4.78 is 7.76. The molecular formula is C19H25N3O2. The highest BCUT2D eigenvalue weighted by Gasteiger charge is 2.23. The van der Waals surface area contributed by atoms with E-state index in [9.17, 15) is 4.79 Å². The SMILES string of the molecule is CNC(=O)C[C@@H]1CN(Cc2ccccc2OC)Cc2cccn2C1. The van der Waals surface area contributed by atoms with Crippen molar-refractivity contribution in [3.05, 3.63) is 53.9 Å². The zero-order valence-electron chi connectivity index (χ0n) is 14.4. The van der Waals surface area contributed by atoms with Gasteiger partial charge in [0.15, 0.2) is 0 Å². The highest BCUT2D eigenvalue weighted by atomic mass is 16.5. The second kappa shape index (κ2) is 7.53. The molecule has 0 saturated carbocycles. The summed E-state index contributed by atoms with van der Waals surface area (Å²) >= 11 is 0. The highest BCUT2D eigenvalue weighted by Crippen LogP contribution is 2.24. The smallest absolute Gasteiger partial charge is 0.220 e. The van der Waals surface area contributed by atoms with Crippen LogP contribution in [0.15, 0.2) is 42.6 Å². The first kappa shape index (κ1) is 16.6. The molecule has 0 bridgehead atoms. The van der Waals surface area contributed by atoms with Crippen molar-refractivity contribution >= 4 is 5.91 Å². The van der Waals surface area contributed by atoms with E-state index in [1.165, 1.54) is 11.3 Å². The van der Waals surface area contributed by atoms with Gasteiger partial charge in [-0.25, -0.2) is 0 Å². The normalized spacial score (nSPS) is 17.8. The van der Waals surface area contributed by atoms with Gasteiger partial charge in [-0.15, -0.1) is 0 Å². The van der Waals surface area contributed by atoms with Gasteiger partial charge in [0.25, 0.3) is 0 Å². The molecule has 0 fully saturated rings. The third-order valence-corrected chi connectivity index (χ3v) is 4.62. The highest BCUT2D eigenvalue weighted by molar-refractivity contribution is 5.75. The Morgan fingerprint density at radius 2 is 2.08 bits per heavy atom. The predicted octanol–water partition coefficient (Wildman–Crippen LogP) is 2.26. The lowest BCUT2D eigenvalue weighted by atomic mass is 10.0. The monoisotopic (exact) mass is 327 g/mol. The van der Waals surface area contributed by atoms with E-state index < -0.39 is 0 Å². The van der Waals surface area contributed by atoms with Gasteiger partial charge in [-0.1, -0.05) is 18.2 Å². The molecule has 1 aliphatic rings. The maximum atomic E-state index is 11.8. The number of rotatable bonds is 5. The fourth-order valence-corrected chi connectivity index (χ4v) is 3.45. The van der Waals surface area contributed by atoms with Crippen LogP contribution in [0.1, 0.15) is 17.7 Å². The molecule has 2 heterocycles. The molecule has 0 spiro atoms. The second-order valence-electron chi connectivity index (χ2n) is 6.38. The van der Waals surface area contributed by atoms with Gasteiger partial charge >= 0.3 is 0 Å². The lowest BCUT2D eigenvalue weighted by Gasteiger charge is -2.24. The van der Waals surface area contributed by atoms with Crippen LogP contribution in [-0.2, 0) is 24.4 Å². The van der Waals surface area contributed by atoms with Gasteiger partial charge in [0.2, 0.25) is 5.91 Å². The number of fused-ring (bicyclic) bond motifs is 1. The summed E-state index contributed by atoms with van der Waals surface area (Å²) in [4.78, 5) is 14.3. The van der Waals surface area contributed by atoms with Crippen LogP contribution in [-0.4, -0.2) is 36.1 Å². The third-order valence-electron chi connectivity index (χ3n) is 4.62. The second-order valence-corrected chi connectivity index (χ2v) is 6.38. The number of aromatic nitrogens is 1. The Morgan fingerprint density at radius 3 is 2.88 bits per heavy atom. The van der Waals surface area contributed by atoms with Gasteiger partial charge in [0.1, 0.15) is 5.75 Å². The van der Waals surface area contributed by atoms with E-state index in [1.54, 1.807) is 14.2 Å². The quantitative estimate of drug-likeness (QED) is 0.916. The summed E-state index contributed by atoms with van der Waals surface area (Å²) in [7, 11) is 3.41. The Balaban J connectivity index is 1.80. The summed E-state index contributed by atoms with van der Waals surface area (Å²) in [6, 6.07) is 12.4. The molecule has 5 nitrogen and oxygen atoms in total. The molecule has 0 aliphatic carbocycles. The standard InChI is InChI=1S/C19H25N3O2/c1-20-19(23)10-15-11-21(14-17-7-5-9-22(17)12-15)13-16-6-3-4-8-18(16)24-2/h3-9,15H,10-14H2,1-2H3,(H,20,23)/t15-/m1/s1. The van der Waals surface area contributed by atoms with Crippen molar-refractivity contribution in [1.29, 1.82) is 0 Å².